The van der Waals surface area contributed by atoms with Gasteiger partial charge in [-0.1, -0.05) is 0 Å². The van der Waals surface area contributed by atoms with Crippen LogP contribution in [0.4, 0.5) is 20.7 Å². The highest BCUT2D eigenvalue weighted by atomic mass is 19.1. The molecule has 1 aliphatic heterocycles. The third kappa shape index (κ3) is 3.72. The molecule has 4 atom stereocenters. The Morgan fingerprint density at radius 3 is 2.62 bits per heavy atom. The maximum absolute atomic E-state index is 13.1. The number of urea groups is 1. The SMILES string of the molecule is CCN(C(=O)Nc1ccc(F)cc1)C(=O)[C@H]1O[C@@H](n2cnc3c(N)ncnc32)[C@H](O)[C@@H]1O. The van der Waals surface area contributed by atoms with E-state index in [9.17, 15) is 24.2 Å². The van der Waals surface area contributed by atoms with Crippen LogP contribution >= 0.6 is 0 Å². The van der Waals surface area contributed by atoms with Gasteiger partial charge in [-0.3, -0.25) is 14.3 Å². The first kappa shape index (κ1) is 21.5. The summed E-state index contributed by atoms with van der Waals surface area (Å²) in [5.41, 5.74) is 6.54. The normalized spacial score (nSPS) is 22.8. The van der Waals surface area contributed by atoms with Gasteiger partial charge in [0.05, 0.1) is 6.33 Å². The van der Waals surface area contributed by atoms with E-state index in [0.29, 0.717) is 0 Å². The number of nitrogens with zero attached hydrogens (tertiary/aromatic N) is 5. The number of halogens is 1. The van der Waals surface area contributed by atoms with Crippen molar-refractivity contribution in [1.29, 1.82) is 0 Å². The molecule has 1 aliphatic rings. The molecule has 0 unspecified atom stereocenters. The quantitative estimate of drug-likeness (QED) is 0.440. The molecule has 1 aromatic carbocycles. The van der Waals surface area contributed by atoms with Crippen LogP contribution in [0, 0.1) is 5.82 Å². The van der Waals surface area contributed by atoms with Crippen molar-refractivity contribution in [2.24, 2.45) is 0 Å². The van der Waals surface area contributed by atoms with Gasteiger partial charge < -0.3 is 26.0 Å². The Morgan fingerprint density at radius 1 is 1.22 bits per heavy atom. The minimum Gasteiger partial charge on any atom is -0.387 e. The van der Waals surface area contributed by atoms with Gasteiger partial charge in [0.2, 0.25) is 0 Å². The van der Waals surface area contributed by atoms with E-state index in [1.165, 1.54) is 29.4 Å². The molecule has 0 saturated carbocycles. The highest BCUT2D eigenvalue weighted by Gasteiger charge is 2.49. The third-order valence-corrected chi connectivity index (χ3v) is 5.07. The summed E-state index contributed by atoms with van der Waals surface area (Å²) in [7, 11) is 0. The van der Waals surface area contributed by atoms with Gasteiger partial charge in [0.1, 0.15) is 29.9 Å². The van der Waals surface area contributed by atoms with E-state index in [1.54, 1.807) is 6.92 Å². The number of likely N-dealkylation sites (N-methyl/N-ethyl adjacent to an activating group) is 1. The van der Waals surface area contributed by atoms with Gasteiger partial charge in [0.25, 0.3) is 5.91 Å². The molecular formula is C19H20FN7O5. The van der Waals surface area contributed by atoms with Crippen LogP contribution in [0.25, 0.3) is 11.2 Å². The third-order valence-electron chi connectivity index (χ3n) is 5.07. The molecule has 32 heavy (non-hydrogen) atoms. The molecule has 0 spiro atoms. The molecule has 168 valence electrons. The standard InChI is InChI=1S/C19H20FN7O5/c1-2-26(19(31)25-10-5-3-9(20)4-6-10)17(30)14-12(28)13(29)18(32-14)27-8-24-11-15(21)22-7-23-16(11)27/h3-8,12-14,18,28-29H,2H2,1H3,(H,25,31)(H2,21,22,23)/t12-,13+,14-,18+/m0/s1. The largest absolute Gasteiger partial charge is 0.387 e. The number of imidazole rings is 1. The van der Waals surface area contributed by atoms with Gasteiger partial charge in [-0.15, -0.1) is 0 Å². The number of anilines is 2. The number of ether oxygens (including phenoxy) is 1. The zero-order chi connectivity index (χ0) is 23.0. The summed E-state index contributed by atoms with van der Waals surface area (Å²) in [4.78, 5) is 38.4. The number of rotatable bonds is 4. The minimum absolute atomic E-state index is 0.0447. The summed E-state index contributed by atoms with van der Waals surface area (Å²) in [6.45, 7) is 1.51. The Morgan fingerprint density at radius 2 is 1.94 bits per heavy atom. The molecule has 4 rings (SSSR count). The Bertz CT molecular complexity index is 1150. The monoisotopic (exact) mass is 445 g/mol. The first-order valence-corrected chi connectivity index (χ1v) is 9.64. The molecule has 0 aliphatic carbocycles. The number of nitrogens with two attached hydrogens (primary N) is 1. The number of carbonyl (C=O) groups excluding carboxylic acids is 2. The fourth-order valence-electron chi connectivity index (χ4n) is 3.43. The van der Waals surface area contributed by atoms with Crippen LogP contribution in [0.3, 0.4) is 0 Å². The van der Waals surface area contributed by atoms with Crippen molar-refractivity contribution in [1.82, 2.24) is 24.4 Å². The van der Waals surface area contributed by atoms with Crippen molar-refractivity contribution >= 4 is 34.6 Å². The predicted molar refractivity (Wildman–Crippen MR) is 108 cm³/mol. The number of hydrogen-bond acceptors (Lipinski definition) is 9. The van der Waals surface area contributed by atoms with E-state index >= 15 is 0 Å². The fourth-order valence-corrected chi connectivity index (χ4v) is 3.43. The molecule has 1 fully saturated rings. The molecule has 0 radical (unpaired) electrons. The van der Waals surface area contributed by atoms with E-state index < -0.39 is 42.3 Å². The van der Waals surface area contributed by atoms with Crippen LogP contribution in [-0.4, -0.2) is 71.4 Å². The molecule has 3 amide bonds. The molecule has 1 saturated heterocycles. The lowest BCUT2D eigenvalue weighted by Crippen LogP contribution is -2.49. The van der Waals surface area contributed by atoms with Crippen molar-refractivity contribution in [3.63, 3.8) is 0 Å². The molecule has 3 heterocycles. The Balaban J connectivity index is 1.54. The molecular weight excluding hydrogens is 425 g/mol. The number of hydrogen-bond donors (Lipinski definition) is 4. The average Bonchev–Trinajstić information content (AvgIpc) is 3.32. The smallest absolute Gasteiger partial charge is 0.328 e. The molecule has 0 bridgehead atoms. The van der Waals surface area contributed by atoms with Crippen molar-refractivity contribution in [3.05, 3.63) is 42.7 Å². The summed E-state index contributed by atoms with van der Waals surface area (Å²) >= 11 is 0. The topological polar surface area (TPSA) is 169 Å². The summed E-state index contributed by atoms with van der Waals surface area (Å²) in [5.74, 6) is -1.23. The van der Waals surface area contributed by atoms with Gasteiger partial charge in [0, 0.05) is 12.2 Å². The van der Waals surface area contributed by atoms with Crippen LogP contribution in [0.5, 0.6) is 0 Å². The zero-order valence-electron chi connectivity index (χ0n) is 16.8. The summed E-state index contributed by atoms with van der Waals surface area (Å²) in [5, 5.41) is 23.5. The van der Waals surface area contributed by atoms with Crippen LogP contribution in [0.15, 0.2) is 36.9 Å². The van der Waals surface area contributed by atoms with Crippen LogP contribution < -0.4 is 11.1 Å². The first-order chi connectivity index (χ1) is 15.3. The summed E-state index contributed by atoms with van der Waals surface area (Å²) in [6, 6.07) is 4.19. The van der Waals surface area contributed by atoms with Crippen molar-refractivity contribution < 1.29 is 28.9 Å². The lowest BCUT2D eigenvalue weighted by molar-refractivity contribution is -0.145. The molecule has 5 N–H and O–H groups in total. The molecule has 12 nitrogen and oxygen atoms in total. The van der Waals surface area contributed by atoms with E-state index in [1.807, 2.05) is 0 Å². The fraction of sp³-hybridized carbons (Fsp3) is 0.316. The van der Waals surface area contributed by atoms with Gasteiger partial charge in [-0.25, -0.2) is 24.1 Å². The van der Waals surface area contributed by atoms with E-state index in [2.05, 4.69) is 20.3 Å². The number of aliphatic hydroxyl groups excluding tert-OH is 2. The lowest BCUT2D eigenvalue weighted by atomic mass is 10.1. The number of aromatic nitrogens is 4. The lowest BCUT2D eigenvalue weighted by Gasteiger charge is -2.24. The number of carbonyl (C=O) groups is 2. The van der Waals surface area contributed by atoms with E-state index in [4.69, 9.17) is 10.5 Å². The highest BCUT2D eigenvalue weighted by Crippen LogP contribution is 2.33. The first-order valence-electron chi connectivity index (χ1n) is 9.64. The van der Waals surface area contributed by atoms with Crippen LogP contribution in [0.2, 0.25) is 0 Å². The number of aliphatic hydroxyl groups is 2. The summed E-state index contributed by atoms with van der Waals surface area (Å²) in [6.07, 6.45) is -3.40. The van der Waals surface area contributed by atoms with Crippen molar-refractivity contribution in [2.75, 3.05) is 17.6 Å². The molecule has 3 aromatic rings. The number of nitrogens with one attached hydrogen (secondary N) is 1. The van der Waals surface area contributed by atoms with Crippen molar-refractivity contribution in [2.45, 2.75) is 31.5 Å². The van der Waals surface area contributed by atoms with Crippen LogP contribution in [-0.2, 0) is 9.53 Å². The van der Waals surface area contributed by atoms with Gasteiger partial charge in [-0.2, -0.15) is 0 Å². The minimum atomic E-state index is -1.63. The van der Waals surface area contributed by atoms with E-state index in [-0.39, 0.29) is 29.2 Å². The van der Waals surface area contributed by atoms with E-state index in [0.717, 1.165) is 17.0 Å². The number of benzene rings is 1. The van der Waals surface area contributed by atoms with Gasteiger partial charge in [-0.05, 0) is 31.2 Å². The number of amides is 3. The average molecular weight is 445 g/mol. The number of fused-ring (bicyclic) bond motifs is 1. The maximum atomic E-state index is 13.1. The zero-order valence-corrected chi connectivity index (χ0v) is 16.8. The summed E-state index contributed by atoms with van der Waals surface area (Å²) < 4.78 is 20.0. The number of imide groups is 1. The van der Waals surface area contributed by atoms with Crippen LogP contribution in [0.1, 0.15) is 13.2 Å². The Kier molecular flexibility index (Phi) is 5.69. The van der Waals surface area contributed by atoms with Gasteiger partial charge >= 0.3 is 6.03 Å². The Hall–Kier alpha value is -3.68. The maximum Gasteiger partial charge on any atom is 0.328 e. The molecule has 2 aromatic heterocycles. The predicted octanol–water partition coefficient (Wildman–Crippen LogP) is 0.247. The second kappa shape index (κ2) is 8.45. The van der Waals surface area contributed by atoms with Crippen molar-refractivity contribution in [3.8, 4) is 0 Å². The second-order valence-electron chi connectivity index (χ2n) is 7.03. The second-order valence-corrected chi connectivity index (χ2v) is 7.03. The molecule has 13 heteroatoms. The van der Waals surface area contributed by atoms with Gasteiger partial charge in [0.15, 0.2) is 23.8 Å². The number of nitrogen functional groups attached to an aromatic ring is 1. The Labute approximate surface area is 180 Å². The highest BCUT2D eigenvalue weighted by molar-refractivity contribution is 6.03.